The van der Waals surface area contributed by atoms with Crippen molar-refractivity contribution in [2.45, 2.75) is 0 Å². The smallest absolute Gasteiger partial charge is 0.0982 e. The van der Waals surface area contributed by atoms with Crippen LogP contribution in [0.1, 0.15) is 5.56 Å². The molecule has 0 aliphatic rings. The first-order chi connectivity index (χ1) is 4.88. The third-order valence-electron chi connectivity index (χ3n) is 1.30. The van der Waals surface area contributed by atoms with Gasteiger partial charge in [0.25, 0.3) is 6.57 Å². The molecule has 10 heavy (non-hydrogen) atoms. The third kappa shape index (κ3) is 1.06. The maximum absolute atomic E-state index is 5.10. The quantitative estimate of drug-likeness (QED) is 0.550. The Labute approximate surface area is 60.4 Å². The van der Waals surface area contributed by atoms with Crippen LogP contribution in [0.5, 0.6) is 0 Å². The van der Waals surface area contributed by atoms with Crippen molar-refractivity contribution in [2.24, 2.45) is 0 Å². The molecule has 0 spiro atoms. The molecule has 0 fully saturated rings. The fraction of sp³-hybridized carbons (Fsp3) is 0. The van der Waals surface area contributed by atoms with E-state index in [-0.39, 0.29) is 0 Å². The first-order valence-electron chi connectivity index (χ1n) is 3.01. The van der Waals surface area contributed by atoms with Crippen molar-refractivity contribution in [1.82, 2.24) is 0 Å². The standard InChI is InChI=1S/C9H8N/c1-3-8-6-4-5-7-9(8)10-2/h2-7H,1H2/q+1. The van der Waals surface area contributed by atoms with Gasteiger partial charge in [-0.3, -0.25) is 0 Å². The monoisotopic (exact) mass is 130 g/mol. The molecule has 1 aromatic carbocycles. The average Bonchev–Trinajstić information content (AvgIpc) is 2.04. The second-order valence-electron chi connectivity index (χ2n) is 1.89. The maximum Gasteiger partial charge on any atom is 0.346 e. The molecule has 48 valence electrons. The summed E-state index contributed by atoms with van der Waals surface area (Å²) in [5.41, 5.74) is 1.74. The minimum atomic E-state index is 0.775. The zero-order valence-corrected chi connectivity index (χ0v) is 5.62. The lowest BCUT2D eigenvalue weighted by molar-refractivity contribution is 1.68. The molecule has 0 radical (unpaired) electrons. The van der Waals surface area contributed by atoms with Crippen LogP contribution in [0.4, 0.5) is 5.69 Å². The molecule has 0 saturated heterocycles. The summed E-state index contributed by atoms with van der Waals surface area (Å²) in [7, 11) is 0. The Kier molecular flexibility index (Phi) is 1.86. The van der Waals surface area contributed by atoms with Gasteiger partial charge < -0.3 is 0 Å². The van der Waals surface area contributed by atoms with Crippen molar-refractivity contribution in [3.63, 3.8) is 0 Å². The molecular weight excluding hydrogens is 122 g/mol. The molecule has 0 unspecified atom stereocenters. The van der Waals surface area contributed by atoms with Gasteiger partial charge in [-0.15, -0.1) is 0 Å². The van der Waals surface area contributed by atoms with Crippen LogP contribution < -0.4 is 0 Å². The molecule has 0 heterocycles. The third-order valence-corrected chi connectivity index (χ3v) is 1.30. The molecule has 1 heteroatoms. The van der Waals surface area contributed by atoms with Gasteiger partial charge in [0.15, 0.2) is 0 Å². The highest BCUT2D eigenvalue weighted by Crippen LogP contribution is 2.18. The molecule has 1 nitrogen and oxygen atoms in total. The highest BCUT2D eigenvalue weighted by Gasteiger charge is 2.02. The van der Waals surface area contributed by atoms with Crippen LogP contribution in [0.25, 0.3) is 10.9 Å². The molecule has 0 aliphatic carbocycles. The predicted octanol–water partition coefficient (Wildman–Crippen LogP) is 2.92. The summed E-state index contributed by atoms with van der Waals surface area (Å²) in [6.07, 6.45) is 1.73. The van der Waals surface area contributed by atoms with Crippen LogP contribution in [0.2, 0.25) is 0 Å². The fourth-order valence-electron chi connectivity index (χ4n) is 0.778. The van der Waals surface area contributed by atoms with E-state index in [4.69, 9.17) is 6.57 Å². The fourth-order valence-corrected chi connectivity index (χ4v) is 0.778. The summed E-state index contributed by atoms with van der Waals surface area (Å²) in [5.74, 6) is 0. The van der Waals surface area contributed by atoms with Crippen molar-refractivity contribution in [3.05, 3.63) is 41.3 Å². The molecule has 0 amide bonds. The van der Waals surface area contributed by atoms with Gasteiger partial charge in [0.1, 0.15) is 0 Å². The van der Waals surface area contributed by atoms with E-state index in [2.05, 4.69) is 11.4 Å². The predicted molar refractivity (Wildman–Crippen MR) is 44.5 cm³/mol. The zero-order chi connectivity index (χ0) is 7.40. The molecule has 0 N–H and O–H groups in total. The maximum atomic E-state index is 5.10. The summed E-state index contributed by atoms with van der Waals surface area (Å²) in [6, 6.07) is 7.57. The van der Waals surface area contributed by atoms with Gasteiger partial charge in [0.05, 0.1) is 5.56 Å². The number of rotatable bonds is 1. The summed E-state index contributed by atoms with van der Waals surface area (Å²) < 4.78 is 0. The summed E-state index contributed by atoms with van der Waals surface area (Å²) in [4.78, 5) is 3.57. The minimum Gasteiger partial charge on any atom is -0.0982 e. The first kappa shape index (κ1) is 6.57. The van der Waals surface area contributed by atoms with E-state index in [1.807, 2.05) is 24.3 Å². The molecule has 0 aliphatic heterocycles. The van der Waals surface area contributed by atoms with Crippen molar-refractivity contribution in [1.29, 1.82) is 0 Å². The molecule has 1 aromatic rings. The van der Waals surface area contributed by atoms with Gasteiger partial charge >= 0.3 is 5.69 Å². The summed E-state index contributed by atoms with van der Waals surface area (Å²) in [6.45, 7) is 8.73. The molecule has 0 saturated carbocycles. The highest BCUT2D eigenvalue weighted by molar-refractivity contribution is 5.66. The Hall–Kier alpha value is -1.55. The van der Waals surface area contributed by atoms with Gasteiger partial charge in [-0.2, -0.15) is 0 Å². The van der Waals surface area contributed by atoms with E-state index in [9.17, 15) is 0 Å². The molecule has 0 atom stereocenters. The minimum absolute atomic E-state index is 0.775. The Morgan fingerprint density at radius 3 is 2.60 bits per heavy atom. The van der Waals surface area contributed by atoms with Crippen molar-refractivity contribution >= 4 is 11.8 Å². The lowest BCUT2D eigenvalue weighted by Gasteiger charge is -1.84. The lowest BCUT2D eigenvalue weighted by atomic mass is 10.2. The SMILES string of the molecule is C#[N+]c1ccccc1C=C. The van der Waals surface area contributed by atoms with Crippen molar-refractivity contribution in [3.8, 4) is 6.57 Å². The van der Waals surface area contributed by atoms with Crippen LogP contribution in [-0.2, 0) is 0 Å². The van der Waals surface area contributed by atoms with Gasteiger partial charge in [-0.05, 0) is 10.9 Å². The number of benzene rings is 1. The average molecular weight is 130 g/mol. The van der Waals surface area contributed by atoms with E-state index >= 15 is 0 Å². The molecule has 1 rings (SSSR count). The topological polar surface area (TPSA) is 4.36 Å². The first-order valence-corrected chi connectivity index (χ1v) is 3.01. The van der Waals surface area contributed by atoms with Crippen LogP contribution in [0.15, 0.2) is 30.8 Å². The Bertz CT molecular complexity index is 281. The Morgan fingerprint density at radius 2 is 2.10 bits per heavy atom. The normalized spacial score (nSPS) is 8.30. The highest BCUT2D eigenvalue weighted by atomic mass is 14.6. The second-order valence-corrected chi connectivity index (χ2v) is 1.89. The van der Waals surface area contributed by atoms with Crippen LogP contribution in [-0.4, -0.2) is 0 Å². The van der Waals surface area contributed by atoms with E-state index < -0.39 is 0 Å². The second kappa shape index (κ2) is 2.84. The summed E-state index contributed by atoms with van der Waals surface area (Å²) in [5, 5.41) is 0. The van der Waals surface area contributed by atoms with Crippen LogP contribution >= 0.6 is 0 Å². The largest absolute Gasteiger partial charge is 0.346 e. The number of para-hydroxylation sites is 1. The van der Waals surface area contributed by atoms with Gasteiger partial charge in [0, 0.05) is 6.07 Å². The Balaban J connectivity index is 3.24. The van der Waals surface area contributed by atoms with Crippen molar-refractivity contribution < 1.29 is 0 Å². The summed E-state index contributed by atoms with van der Waals surface area (Å²) >= 11 is 0. The van der Waals surface area contributed by atoms with Gasteiger partial charge in [-0.25, -0.2) is 0 Å². The number of nitrogens with zero attached hydrogens (tertiary/aromatic N) is 1. The van der Waals surface area contributed by atoms with Crippen LogP contribution in [0.3, 0.4) is 0 Å². The van der Waals surface area contributed by atoms with E-state index in [0.717, 1.165) is 11.3 Å². The number of hydrogen-bond donors (Lipinski definition) is 0. The molecule has 0 bridgehead atoms. The van der Waals surface area contributed by atoms with E-state index in [1.165, 1.54) is 0 Å². The zero-order valence-electron chi connectivity index (χ0n) is 5.62. The number of hydrogen-bond acceptors (Lipinski definition) is 0. The lowest BCUT2D eigenvalue weighted by Crippen LogP contribution is -1.68. The van der Waals surface area contributed by atoms with Crippen LogP contribution in [0, 0.1) is 6.57 Å². The van der Waals surface area contributed by atoms with Gasteiger partial charge in [0.2, 0.25) is 0 Å². The van der Waals surface area contributed by atoms with Gasteiger partial charge in [-0.1, -0.05) is 24.8 Å². The molecular formula is C9H8N+. The van der Waals surface area contributed by atoms with E-state index in [0.29, 0.717) is 0 Å². The molecule has 0 aromatic heterocycles. The van der Waals surface area contributed by atoms with E-state index in [1.54, 1.807) is 6.08 Å². The Morgan fingerprint density at radius 1 is 1.40 bits per heavy atom. The van der Waals surface area contributed by atoms with Crippen molar-refractivity contribution in [2.75, 3.05) is 0 Å².